The van der Waals surface area contributed by atoms with Gasteiger partial charge in [0.05, 0.1) is 7.11 Å². The van der Waals surface area contributed by atoms with Crippen molar-refractivity contribution in [2.24, 2.45) is 13.0 Å². The molecule has 0 radical (unpaired) electrons. The molecule has 2 heterocycles. The second-order valence-electron chi connectivity index (χ2n) is 8.22. The first-order valence-electron chi connectivity index (χ1n) is 11.0. The molecule has 3 aromatic rings. The summed E-state index contributed by atoms with van der Waals surface area (Å²) in [6.45, 7) is 0.280. The van der Waals surface area contributed by atoms with Crippen LogP contribution in [-0.4, -0.2) is 48.4 Å². The molecule has 4 rings (SSSR count). The summed E-state index contributed by atoms with van der Waals surface area (Å²) in [4.78, 5) is 17.3. The number of sulfonamides is 1. The number of nitrogens with one attached hydrogen (secondary N) is 1. The lowest BCUT2D eigenvalue weighted by Crippen LogP contribution is -2.44. The number of piperidine rings is 1. The molecule has 0 bridgehead atoms. The Bertz CT molecular complexity index is 1270. The summed E-state index contributed by atoms with van der Waals surface area (Å²) >= 11 is 0. The molecule has 1 amide bonds. The van der Waals surface area contributed by atoms with Crippen LogP contribution in [0.4, 0.5) is 4.39 Å². The van der Waals surface area contributed by atoms with Crippen LogP contribution in [0, 0.1) is 11.7 Å². The number of benzene rings is 2. The van der Waals surface area contributed by atoms with Gasteiger partial charge in [0.25, 0.3) is 0 Å². The van der Waals surface area contributed by atoms with Crippen molar-refractivity contribution in [2.75, 3.05) is 20.2 Å². The van der Waals surface area contributed by atoms with Crippen LogP contribution in [0.5, 0.6) is 5.75 Å². The Labute approximate surface area is 198 Å². The highest BCUT2D eigenvalue weighted by atomic mass is 32.2. The van der Waals surface area contributed by atoms with Gasteiger partial charge in [0.15, 0.2) is 0 Å². The van der Waals surface area contributed by atoms with Gasteiger partial charge in [-0.15, -0.1) is 0 Å². The number of carbonyl (C=O) groups excluding carboxylic acids is 1. The molecule has 1 aliphatic heterocycles. The molecular weight excluding hydrogens is 459 g/mol. The van der Waals surface area contributed by atoms with Gasteiger partial charge < -0.3 is 14.6 Å². The molecular formula is C24H27FN4O4S. The van der Waals surface area contributed by atoms with Crippen LogP contribution in [0.25, 0.3) is 0 Å². The van der Waals surface area contributed by atoms with Gasteiger partial charge in [-0.25, -0.2) is 17.8 Å². The Morgan fingerprint density at radius 1 is 1.18 bits per heavy atom. The van der Waals surface area contributed by atoms with Crippen LogP contribution in [0.15, 0.2) is 65.8 Å². The summed E-state index contributed by atoms with van der Waals surface area (Å²) < 4.78 is 48.2. The minimum Gasteiger partial charge on any atom is -0.497 e. The first kappa shape index (κ1) is 23.9. The van der Waals surface area contributed by atoms with Gasteiger partial charge in [-0.2, -0.15) is 4.31 Å². The van der Waals surface area contributed by atoms with Gasteiger partial charge in [0.2, 0.25) is 15.9 Å². The van der Waals surface area contributed by atoms with E-state index in [4.69, 9.17) is 4.74 Å². The second kappa shape index (κ2) is 9.94. The third kappa shape index (κ3) is 4.83. The van der Waals surface area contributed by atoms with Crippen LogP contribution in [0.3, 0.4) is 0 Å². The number of ether oxygens (including phenoxy) is 1. The van der Waals surface area contributed by atoms with E-state index in [1.54, 1.807) is 19.5 Å². The molecule has 1 aliphatic rings. The number of hydrogen-bond acceptors (Lipinski definition) is 5. The predicted octanol–water partition coefficient (Wildman–Crippen LogP) is 2.87. The van der Waals surface area contributed by atoms with Crippen LogP contribution in [0.1, 0.15) is 30.3 Å². The molecule has 34 heavy (non-hydrogen) atoms. The SMILES string of the molecule is COc1cccc([C@H](NC(=O)C2CCN(S(=O)(=O)c3ccccc3F)CC2)c2nccn2C)c1. The highest BCUT2D eigenvalue weighted by molar-refractivity contribution is 7.89. The number of methoxy groups -OCH3 is 1. The first-order valence-corrected chi connectivity index (χ1v) is 12.4. The maximum Gasteiger partial charge on any atom is 0.245 e. The Morgan fingerprint density at radius 2 is 1.91 bits per heavy atom. The highest BCUT2D eigenvalue weighted by Gasteiger charge is 2.34. The Hall–Kier alpha value is -3.24. The van der Waals surface area contributed by atoms with E-state index in [2.05, 4.69) is 10.3 Å². The Kier molecular flexibility index (Phi) is 6.99. The van der Waals surface area contributed by atoms with E-state index in [-0.39, 0.29) is 29.8 Å². The minimum atomic E-state index is -3.96. The average molecular weight is 487 g/mol. The summed E-state index contributed by atoms with van der Waals surface area (Å²) in [5.41, 5.74) is 0.821. The van der Waals surface area contributed by atoms with Gasteiger partial charge >= 0.3 is 0 Å². The van der Waals surface area contributed by atoms with Crippen molar-refractivity contribution in [3.05, 3.63) is 78.1 Å². The van der Waals surface area contributed by atoms with Gasteiger partial charge in [0, 0.05) is 38.4 Å². The highest BCUT2D eigenvalue weighted by Crippen LogP contribution is 2.28. The number of imidazole rings is 1. The number of aryl methyl sites for hydroxylation is 1. The Morgan fingerprint density at radius 3 is 2.56 bits per heavy atom. The lowest BCUT2D eigenvalue weighted by molar-refractivity contribution is -0.126. The zero-order valence-corrected chi connectivity index (χ0v) is 19.8. The molecule has 10 heteroatoms. The fourth-order valence-electron chi connectivity index (χ4n) is 4.18. The van der Waals surface area contributed by atoms with Crippen molar-refractivity contribution in [1.82, 2.24) is 19.2 Å². The topological polar surface area (TPSA) is 93.5 Å². The predicted molar refractivity (Wildman–Crippen MR) is 124 cm³/mol. The van der Waals surface area contributed by atoms with Crippen LogP contribution in [0.2, 0.25) is 0 Å². The number of halogens is 1. The standard InChI is InChI=1S/C24H27FN4O4S/c1-28-15-12-26-23(28)22(18-6-5-7-19(16-18)33-2)27-24(30)17-10-13-29(14-11-17)34(31,32)21-9-4-3-8-20(21)25/h3-9,12,15-17,22H,10-11,13-14H2,1-2H3,(H,27,30)/t22-/m0/s1. The zero-order valence-electron chi connectivity index (χ0n) is 19.0. The third-order valence-electron chi connectivity index (χ3n) is 6.11. The van der Waals surface area contributed by atoms with E-state index in [9.17, 15) is 17.6 Å². The van der Waals surface area contributed by atoms with Crippen molar-refractivity contribution >= 4 is 15.9 Å². The molecule has 1 N–H and O–H groups in total. The number of hydrogen-bond donors (Lipinski definition) is 1. The van der Waals surface area contributed by atoms with Gasteiger partial charge in [-0.1, -0.05) is 24.3 Å². The normalized spacial score (nSPS) is 16.2. The summed E-state index contributed by atoms with van der Waals surface area (Å²) in [6, 6.07) is 12.3. The van der Waals surface area contributed by atoms with Crippen molar-refractivity contribution in [2.45, 2.75) is 23.8 Å². The maximum absolute atomic E-state index is 14.1. The van der Waals surface area contributed by atoms with Crippen molar-refractivity contribution in [3.8, 4) is 5.75 Å². The molecule has 180 valence electrons. The monoisotopic (exact) mass is 486 g/mol. The molecule has 8 nitrogen and oxygen atoms in total. The Balaban J connectivity index is 1.48. The molecule has 1 aromatic heterocycles. The van der Waals surface area contributed by atoms with E-state index >= 15 is 0 Å². The molecule has 1 saturated heterocycles. The molecule has 1 fully saturated rings. The summed E-state index contributed by atoms with van der Waals surface area (Å²) in [5.74, 6) is -0.00319. The van der Waals surface area contributed by atoms with E-state index in [1.807, 2.05) is 35.9 Å². The number of nitrogens with zero attached hydrogens (tertiary/aromatic N) is 3. The number of rotatable bonds is 7. The molecule has 0 saturated carbocycles. The van der Waals surface area contributed by atoms with Crippen LogP contribution >= 0.6 is 0 Å². The number of aromatic nitrogens is 2. The quantitative estimate of drug-likeness (QED) is 0.554. The lowest BCUT2D eigenvalue weighted by atomic mass is 9.96. The van der Waals surface area contributed by atoms with Crippen molar-refractivity contribution in [3.63, 3.8) is 0 Å². The van der Waals surface area contributed by atoms with E-state index in [0.29, 0.717) is 24.4 Å². The van der Waals surface area contributed by atoms with Gasteiger partial charge in [-0.3, -0.25) is 4.79 Å². The summed E-state index contributed by atoms with van der Waals surface area (Å²) in [7, 11) is -0.522. The molecule has 0 unspecified atom stereocenters. The van der Waals surface area contributed by atoms with Gasteiger partial charge in [-0.05, 0) is 42.7 Å². The lowest BCUT2D eigenvalue weighted by Gasteiger charge is -2.31. The van der Waals surface area contributed by atoms with Gasteiger partial charge in [0.1, 0.15) is 28.3 Å². The second-order valence-corrected chi connectivity index (χ2v) is 10.1. The number of amides is 1. The maximum atomic E-state index is 14.1. The van der Waals surface area contributed by atoms with E-state index in [0.717, 1.165) is 11.6 Å². The minimum absolute atomic E-state index is 0.140. The molecule has 1 atom stereocenters. The average Bonchev–Trinajstić information content (AvgIpc) is 3.28. The molecule has 0 spiro atoms. The zero-order chi connectivity index (χ0) is 24.3. The summed E-state index contributed by atoms with van der Waals surface area (Å²) in [6.07, 6.45) is 4.15. The molecule has 0 aliphatic carbocycles. The van der Waals surface area contributed by atoms with Crippen molar-refractivity contribution in [1.29, 1.82) is 0 Å². The fraction of sp³-hybridized carbons (Fsp3) is 0.333. The summed E-state index contributed by atoms with van der Waals surface area (Å²) in [5, 5.41) is 3.09. The molecule has 2 aromatic carbocycles. The van der Waals surface area contributed by atoms with Crippen LogP contribution in [-0.2, 0) is 21.9 Å². The van der Waals surface area contributed by atoms with Crippen LogP contribution < -0.4 is 10.1 Å². The largest absolute Gasteiger partial charge is 0.497 e. The van der Waals surface area contributed by atoms with Crippen molar-refractivity contribution < 1.29 is 22.3 Å². The smallest absolute Gasteiger partial charge is 0.245 e. The number of carbonyl (C=O) groups is 1. The third-order valence-corrected chi connectivity index (χ3v) is 8.04. The van der Waals surface area contributed by atoms with E-state index < -0.39 is 21.9 Å². The first-order chi connectivity index (χ1) is 16.3. The van der Waals surface area contributed by atoms with E-state index in [1.165, 1.54) is 22.5 Å². The fourth-order valence-corrected chi connectivity index (χ4v) is 5.72.